The molecular weight excluding hydrogens is 297 g/mol. The first kappa shape index (κ1) is 15.7. The van der Waals surface area contributed by atoms with Gasteiger partial charge in [0.15, 0.2) is 0 Å². The molecule has 0 amide bonds. The van der Waals surface area contributed by atoms with Gasteiger partial charge in [0.25, 0.3) is 0 Å². The number of esters is 1. The fourth-order valence-electron chi connectivity index (χ4n) is 2.22. The highest BCUT2D eigenvalue weighted by atomic mass is 19.2. The van der Waals surface area contributed by atoms with Crippen molar-refractivity contribution in [2.45, 2.75) is 25.3 Å². The van der Waals surface area contributed by atoms with Gasteiger partial charge in [-0.3, -0.25) is 4.90 Å². The summed E-state index contributed by atoms with van der Waals surface area (Å²) in [4.78, 5) is 13.5. The Kier molecular flexibility index (Phi) is 4.46. The molecule has 1 heterocycles. The van der Waals surface area contributed by atoms with Crippen LogP contribution in [0.15, 0.2) is 0 Å². The zero-order valence-electron chi connectivity index (χ0n) is 11.1. The molecule has 1 fully saturated rings. The van der Waals surface area contributed by atoms with Crippen molar-refractivity contribution in [1.29, 1.82) is 0 Å². The van der Waals surface area contributed by atoms with E-state index in [9.17, 15) is 26.7 Å². The van der Waals surface area contributed by atoms with Crippen LogP contribution in [-0.4, -0.2) is 30.5 Å². The van der Waals surface area contributed by atoms with Crippen molar-refractivity contribution in [2.75, 3.05) is 13.6 Å². The Labute approximate surface area is 117 Å². The number of carbonyl (C=O) groups excluding carboxylic acids is 1. The fraction of sp³-hybridized carbons (Fsp3) is 0.462. The Bertz CT molecular complexity index is 549. The maximum atomic E-state index is 13.4. The minimum absolute atomic E-state index is 0.394. The van der Waals surface area contributed by atoms with Gasteiger partial charge in [-0.25, -0.2) is 18.0 Å². The monoisotopic (exact) mass is 309 g/mol. The molecule has 8 heteroatoms. The summed E-state index contributed by atoms with van der Waals surface area (Å²) in [7, 11) is 1.61. The lowest BCUT2D eigenvalue weighted by Crippen LogP contribution is -2.44. The predicted octanol–water partition coefficient (Wildman–Crippen LogP) is 2.77. The highest BCUT2D eigenvalue weighted by Gasteiger charge is 2.32. The molecule has 0 aliphatic carbocycles. The summed E-state index contributed by atoms with van der Waals surface area (Å²) < 4.78 is 70.2. The van der Waals surface area contributed by atoms with Crippen LogP contribution in [-0.2, 0) is 4.79 Å². The molecule has 116 valence electrons. The molecule has 3 nitrogen and oxygen atoms in total. The van der Waals surface area contributed by atoms with E-state index in [1.54, 1.807) is 11.9 Å². The normalized spacial score (nSPS) is 19.6. The van der Waals surface area contributed by atoms with Gasteiger partial charge in [-0.2, -0.15) is 8.78 Å². The molecule has 0 aromatic heterocycles. The summed E-state index contributed by atoms with van der Waals surface area (Å²) in [6.45, 7) is 0.580. The molecule has 1 saturated heterocycles. The third-order valence-corrected chi connectivity index (χ3v) is 3.41. The van der Waals surface area contributed by atoms with Crippen molar-refractivity contribution in [3.05, 3.63) is 29.1 Å². The van der Waals surface area contributed by atoms with Crippen LogP contribution in [0.3, 0.4) is 0 Å². The Hall–Kier alpha value is -1.70. The largest absolute Gasteiger partial charge is 0.419 e. The van der Waals surface area contributed by atoms with E-state index in [2.05, 4.69) is 4.74 Å². The number of benzene rings is 1. The Morgan fingerprint density at radius 2 is 1.52 bits per heavy atom. The third-order valence-electron chi connectivity index (χ3n) is 3.41. The molecule has 0 spiro atoms. The highest BCUT2D eigenvalue weighted by Crippen LogP contribution is 2.30. The standard InChI is InChI=1S/C13H12F5NO2/c1-19-5-3-2-4-6(19)13(20)21-12-10(17)8(15)7(14)9(16)11(12)18/h6H,2-5H2,1H3/t6-/m1/s1. The lowest BCUT2D eigenvalue weighted by atomic mass is 10.0. The van der Waals surface area contributed by atoms with Gasteiger partial charge >= 0.3 is 5.97 Å². The zero-order chi connectivity index (χ0) is 15.7. The van der Waals surface area contributed by atoms with Crippen molar-refractivity contribution in [1.82, 2.24) is 4.90 Å². The second-order valence-corrected chi connectivity index (χ2v) is 4.81. The molecule has 1 atom stereocenters. The molecule has 0 radical (unpaired) electrons. The number of likely N-dealkylation sites (tertiary alicyclic amines) is 1. The fourth-order valence-corrected chi connectivity index (χ4v) is 2.22. The smallest absolute Gasteiger partial charge is 0.328 e. The van der Waals surface area contributed by atoms with E-state index < -0.39 is 46.8 Å². The van der Waals surface area contributed by atoms with Gasteiger partial charge in [-0.1, -0.05) is 6.42 Å². The zero-order valence-corrected chi connectivity index (χ0v) is 11.1. The Morgan fingerprint density at radius 3 is 2.05 bits per heavy atom. The molecule has 1 aliphatic heterocycles. The van der Waals surface area contributed by atoms with E-state index in [1.807, 2.05) is 0 Å². The minimum Gasteiger partial charge on any atom is -0.419 e. The SMILES string of the molecule is CN1CCCC[C@@H]1C(=O)Oc1c(F)c(F)c(F)c(F)c1F. The molecule has 1 aliphatic rings. The lowest BCUT2D eigenvalue weighted by molar-refractivity contribution is -0.141. The first-order valence-electron chi connectivity index (χ1n) is 6.28. The van der Waals surface area contributed by atoms with E-state index in [0.717, 1.165) is 6.42 Å². The Morgan fingerprint density at radius 1 is 1.00 bits per heavy atom. The van der Waals surface area contributed by atoms with Crippen molar-refractivity contribution in [2.24, 2.45) is 0 Å². The summed E-state index contributed by atoms with van der Waals surface area (Å²) >= 11 is 0. The molecular formula is C13H12F5NO2. The molecule has 1 aromatic rings. The number of piperidine rings is 1. The second kappa shape index (κ2) is 5.97. The maximum absolute atomic E-state index is 13.4. The van der Waals surface area contributed by atoms with Gasteiger partial charge in [0.1, 0.15) is 6.04 Å². The average Bonchev–Trinajstić information content (AvgIpc) is 2.48. The number of carbonyl (C=O) groups is 1. The highest BCUT2D eigenvalue weighted by molar-refractivity contribution is 5.78. The van der Waals surface area contributed by atoms with Crippen molar-refractivity contribution in [3.63, 3.8) is 0 Å². The van der Waals surface area contributed by atoms with Gasteiger partial charge in [0.05, 0.1) is 0 Å². The molecule has 2 rings (SSSR count). The Balaban J connectivity index is 2.29. The number of hydrogen-bond donors (Lipinski definition) is 0. The van der Waals surface area contributed by atoms with Gasteiger partial charge in [0, 0.05) is 0 Å². The summed E-state index contributed by atoms with van der Waals surface area (Å²) in [5.41, 5.74) is 0. The summed E-state index contributed by atoms with van der Waals surface area (Å²) in [6.07, 6.45) is 1.95. The van der Waals surface area contributed by atoms with Crippen LogP contribution in [0, 0.1) is 29.1 Å². The van der Waals surface area contributed by atoms with Gasteiger partial charge in [-0.15, -0.1) is 0 Å². The second-order valence-electron chi connectivity index (χ2n) is 4.81. The summed E-state index contributed by atoms with van der Waals surface area (Å²) in [6, 6.07) is -0.770. The first-order chi connectivity index (χ1) is 9.84. The van der Waals surface area contributed by atoms with E-state index >= 15 is 0 Å². The number of hydrogen-bond acceptors (Lipinski definition) is 3. The van der Waals surface area contributed by atoms with Crippen LogP contribution in [0.25, 0.3) is 0 Å². The van der Waals surface area contributed by atoms with Crippen molar-refractivity contribution >= 4 is 5.97 Å². The van der Waals surface area contributed by atoms with Gasteiger partial charge in [-0.05, 0) is 26.4 Å². The lowest BCUT2D eigenvalue weighted by Gasteiger charge is -2.30. The van der Waals surface area contributed by atoms with Crippen LogP contribution in [0.2, 0.25) is 0 Å². The number of rotatable bonds is 2. The van der Waals surface area contributed by atoms with Crippen molar-refractivity contribution in [3.8, 4) is 5.75 Å². The van der Waals surface area contributed by atoms with Gasteiger partial charge < -0.3 is 4.74 Å². The van der Waals surface area contributed by atoms with E-state index in [1.165, 1.54) is 0 Å². The maximum Gasteiger partial charge on any atom is 0.328 e. The van der Waals surface area contributed by atoms with Crippen LogP contribution in [0.1, 0.15) is 19.3 Å². The average molecular weight is 309 g/mol. The molecule has 21 heavy (non-hydrogen) atoms. The summed E-state index contributed by atoms with van der Waals surface area (Å²) in [5, 5.41) is 0. The first-order valence-corrected chi connectivity index (χ1v) is 6.28. The number of ether oxygens (including phenoxy) is 1. The van der Waals surface area contributed by atoms with E-state index in [0.29, 0.717) is 19.4 Å². The van der Waals surface area contributed by atoms with Crippen LogP contribution in [0.5, 0.6) is 5.75 Å². The number of likely N-dealkylation sites (N-methyl/N-ethyl adjacent to an activating group) is 1. The minimum atomic E-state index is -2.29. The molecule has 0 bridgehead atoms. The third kappa shape index (κ3) is 2.85. The van der Waals surface area contributed by atoms with E-state index in [4.69, 9.17) is 0 Å². The number of nitrogens with zero attached hydrogens (tertiary/aromatic N) is 1. The molecule has 1 aromatic carbocycles. The van der Waals surface area contributed by atoms with Crippen molar-refractivity contribution < 1.29 is 31.5 Å². The van der Waals surface area contributed by atoms with E-state index in [-0.39, 0.29) is 0 Å². The van der Waals surface area contributed by atoms with Crippen LogP contribution >= 0.6 is 0 Å². The van der Waals surface area contributed by atoms with Crippen LogP contribution in [0.4, 0.5) is 22.0 Å². The van der Waals surface area contributed by atoms with Crippen LogP contribution < -0.4 is 4.74 Å². The number of halogens is 5. The topological polar surface area (TPSA) is 29.5 Å². The molecule has 0 unspecified atom stereocenters. The predicted molar refractivity (Wildman–Crippen MR) is 62.1 cm³/mol. The molecule has 0 saturated carbocycles. The van der Waals surface area contributed by atoms with Gasteiger partial charge in [0.2, 0.25) is 34.8 Å². The molecule has 0 N–H and O–H groups in total. The summed E-state index contributed by atoms with van der Waals surface area (Å²) in [5.74, 6) is -13.5. The quantitative estimate of drug-likeness (QED) is 0.277.